The molecule has 0 aliphatic rings. The number of rotatable bonds is 4. The molecule has 2 aromatic heterocycles. The molecule has 136 valence electrons. The normalized spacial score (nSPS) is 11.7. The van der Waals surface area contributed by atoms with Gasteiger partial charge in [0, 0.05) is 11.6 Å². The highest BCUT2D eigenvalue weighted by Gasteiger charge is 2.28. The number of aryl methyl sites for hydroxylation is 1. The number of hydrogen-bond acceptors (Lipinski definition) is 4. The zero-order valence-electron chi connectivity index (χ0n) is 13.8. The van der Waals surface area contributed by atoms with Crippen LogP contribution in [-0.2, 0) is 0 Å². The second-order valence-electron chi connectivity index (χ2n) is 5.74. The second kappa shape index (κ2) is 6.32. The molecule has 6 nitrogen and oxygen atoms in total. The smallest absolute Gasteiger partial charge is 0.422 e. The fraction of sp³-hybridized carbons (Fsp3) is 0.235. The fourth-order valence-corrected chi connectivity index (χ4v) is 2.69. The number of nitrogens with zero attached hydrogens (tertiary/aromatic N) is 3. The maximum atomic E-state index is 12.3. The lowest BCUT2D eigenvalue weighted by Crippen LogP contribution is -2.19. The largest absolute Gasteiger partial charge is 0.478 e. The number of carboxylic acids is 1. The van der Waals surface area contributed by atoms with Crippen molar-refractivity contribution in [2.45, 2.75) is 20.0 Å². The summed E-state index contributed by atoms with van der Waals surface area (Å²) in [5.41, 5.74) is 3.05. The molecule has 0 atom stereocenters. The quantitative estimate of drug-likeness (QED) is 0.764. The molecule has 1 N–H and O–H groups in total. The molecule has 0 fully saturated rings. The van der Waals surface area contributed by atoms with Gasteiger partial charge in [-0.25, -0.2) is 14.3 Å². The molecule has 1 aromatic carbocycles. The predicted octanol–water partition coefficient (Wildman–Crippen LogP) is 3.65. The van der Waals surface area contributed by atoms with Crippen LogP contribution in [-0.4, -0.2) is 38.5 Å². The number of fused-ring (bicyclic) bond motifs is 1. The van der Waals surface area contributed by atoms with Gasteiger partial charge in [0.1, 0.15) is 0 Å². The van der Waals surface area contributed by atoms with Crippen LogP contribution in [0.1, 0.15) is 21.5 Å². The summed E-state index contributed by atoms with van der Waals surface area (Å²) in [5, 5.41) is 13.2. The van der Waals surface area contributed by atoms with Crippen LogP contribution in [0.25, 0.3) is 16.9 Å². The summed E-state index contributed by atoms with van der Waals surface area (Å²) >= 11 is 0. The Hall–Kier alpha value is -3.10. The minimum absolute atomic E-state index is 0.157. The van der Waals surface area contributed by atoms with Crippen LogP contribution in [0.2, 0.25) is 0 Å². The first-order valence-corrected chi connectivity index (χ1v) is 7.55. The van der Waals surface area contributed by atoms with E-state index >= 15 is 0 Å². The first-order chi connectivity index (χ1) is 12.2. The molecular formula is C17H14F3N3O3. The van der Waals surface area contributed by atoms with Crippen molar-refractivity contribution in [2.75, 3.05) is 6.61 Å². The first kappa shape index (κ1) is 17.7. The fourth-order valence-electron chi connectivity index (χ4n) is 2.69. The number of ether oxygens (including phenoxy) is 1. The third-order valence-electron chi connectivity index (χ3n) is 3.84. The monoisotopic (exact) mass is 365 g/mol. The number of benzene rings is 1. The molecule has 0 radical (unpaired) electrons. The Balaban J connectivity index is 2.02. The minimum atomic E-state index is -4.46. The second-order valence-corrected chi connectivity index (χ2v) is 5.74. The summed E-state index contributed by atoms with van der Waals surface area (Å²) in [6.45, 7) is 2.07. The van der Waals surface area contributed by atoms with Gasteiger partial charge in [-0.2, -0.15) is 13.2 Å². The molecule has 0 aliphatic carbocycles. The van der Waals surface area contributed by atoms with Crippen LogP contribution in [0.5, 0.6) is 5.88 Å². The zero-order valence-corrected chi connectivity index (χ0v) is 13.8. The third kappa shape index (κ3) is 3.46. The van der Waals surface area contributed by atoms with Crippen molar-refractivity contribution >= 4 is 11.6 Å². The molecule has 0 amide bonds. The Morgan fingerprint density at radius 2 is 1.96 bits per heavy atom. The summed E-state index contributed by atoms with van der Waals surface area (Å²) in [6, 6.07) is 5.98. The van der Waals surface area contributed by atoms with Crippen molar-refractivity contribution in [1.29, 1.82) is 0 Å². The molecule has 3 aromatic rings. The maximum absolute atomic E-state index is 12.3. The lowest BCUT2D eigenvalue weighted by atomic mass is 9.96. The van der Waals surface area contributed by atoms with E-state index in [2.05, 4.69) is 14.8 Å². The van der Waals surface area contributed by atoms with Gasteiger partial charge >= 0.3 is 12.1 Å². The van der Waals surface area contributed by atoms with Gasteiger partial charge in [-0.05, 0) is 37.1 Å². The van der Waals surface area contributed by atoms with Crippen molar-refractivity contribution in [3.05, 3.63) is 47.2 Å². The van der Waals surface area contributed by atoms with Crippen LogP contribution in [0.3, 0.4) is 0 Å². The summed E-state index contributed by atoms with van der Waals surface area (Å²) in [7, 11) is 0. The molecule has 0 bridgehead atoms. The van der Waals surface area contributed by atoms with E-state index in [9.17, 15) is 23.1 Å². The highest BCUT2D eigenvalue weighted by Crippen LogP contribution is 2.29. The Morgan fingerprint density at radius 1 is 1.23 bits per heavy atom. The molecule has 2 heterocycles. The summed E-state index contributed by atoms with van der Waals surface area (Å²) < 4.78 is 42.7. The lowest BCUT2D eigenvalue weighted by Gasteiger charge is -2.09. The Labute approximate surface area is 145 Å². The minimum Gasteiger partial charge on any atom is -0.478 e. The van der Waals surface area contributed by atoms with Crippen LogP contribution in [0.4, 0.5) is 13.2 Å². The van der Waals surface area contributed by atoms with Gasteiger partial charge in [-0.15, -0.1) is 5.10 Å². The van der Waals surface area contributed by atoms with E-state index in [0.717, 1.165) is 5.56 Å². The van der Waals surface area contributed by atoms with E-state index in [1.54, 1.807) is 13.0 Å². The predicted molar refractivity (Wildman–Crippen MR) is 86.4 cm³/mol. The van der Waals surface area contributed by atoms with E-state index in [1.165, 1.54) is 28.9 Å². The molecule has 0 saturated heterocycles. The Morgan fingerprint density at radius 3 is 2.62 bits per heavy atom. The lowest BCUT2D eigenvalue weighted by molar-refractivity contribution is -0.154. The van der Waals surface area contributed by atoms with Crippen LogP contribution >= 0.6 is 0 Å². The van der Waals surface area contributed by atoms with Crippen molar-refractivity contribution in [2.24, 2.45) is 0 Å². The van der Waals surface area contributed by atoms with Gasteiger partial charge in [0.2, 0.25) is 5.88 Å². The first-order valence-electron chi connectivity index (χ1n) is 7.55. The highest BCUT2D eigenvalue weighted by molar-refractivity contribution is 5.92. The van der Waals surface area contributed by atoms with Gasteiger partial charge in [0.15, 0.2) is 12.3 Å². The zero-order chi connectivity index (χ0) is 19.1. The third-order valence-corrected chi connectivity index (χ3v) is 3.84. The standard InChI is InChI=1S/C17H14F3N3O3/c1-9-3-4-11(16(24)25)10(2)15(9)12-7-23-13(21-12)5-6-14(22-23)26-8-17(18,19)20/h3-7H,8H2,1-2H3,(H,24,25). The van der Waals surface area contributed by atoms with E-state index in [-0.39, 0.29) is 11.4 Å². The number of carbonyl (C=O) groups is 1. The van der Waals surface area contributed by atoms with Gasteiger partial charge in [-0.3, -0.25) is 0 Å². The molecule has 0 unspecified atom stereocenters. The topological polar surface area (TPSA) is 76.7 Å². The number of alkyl halides is 3. The van der Waals surface area contributed by atoms with Gasteiger partial charge in [-0.1, -0.05) is 6.07 Å². The molecule has 0 saturated carbocycles. The van der Waals surface area contributed by atoms with E-state index in [1.807, 2.05) is 6.92 Å². The Kier molecular flexibility index (Phi) is 4.31. The average Bonchev–Trinajstić information content (AvgIpc) is 2.94. The number of aromatic carboxylic acids is 1. The number of halogens is 3. The number of imidazole rings is 1. The highest BCUT2D eigenvalue weighted by atomic mass is 19.4. The number of carboxylic acid groups (broad SMARTS) is 1. The molecule has 3 rings (SSSR count). The van der Waals surface area contributed by atoms with Crippen LogP contribution < -0.4 is 4.74 Å². The summed E-state index contributed by atoms with van der Waals surface area (Å²) in [5.74, 6) is -1.24. The molecular weight excluding hydrogens is 351 g/mol. The van der Waals surface area contributed by atoms with Crippen LogP contribution in [0.15, 0.2) is 30.5 Å². The maximum Gasteiger partial charge on any atom is 0.422 e. The van der Waals surface area contributed by atoms with Crippen molar-refractivity contribution in [1.82, 2.24) is 14.6 Å². The van der Waals surface area contributed by atoms with Crippen LogP contribution in [0, 0.1) is 13.8 Å². The number of aromatic nitrogens is 3. The van der Waals surface area contributed by atoms with Gasteiger partial charge in [0.05, 0.1) is 17.5 Å². The SMILES string of the molecule is Cc1ccc(C(=O)O)c(C)c1-c1cn2nc(OCC(F)(F)F)ccc2n1. The van der Waals surface area contributed by atoms with Crippen molar-refractivity contribution in [3.8, 4) is 17.1 Å². The van der Waals surface area contributed by atoms with E-state index < -0.39 is 18.8 Å². The van der Waals surface area contributed by atoms with E-state index in [4.69, 9.17) is 0 Å². The van der Waals surface area contributed by atoms with Crippen molar-refractivity contribution in [3.63, 3.8) is 0 Å². The Bertz CT molecular complexity index is 996. The van der Waals surface area contributed by atoms with Gasteiger partial charge in [0.25, 0.3) is 0 Å². The summed E-state index contributed by atoms with van der Waals surface area (Å²) in [4.78, 5) is 15.7. The molecule has 0 spiro atoms. The van der Waals surface area contributed by atoms with E-state index in [0.29, 0.717) is 22.5 Å². The van der Waals surface area contributed by atoms with Crippen molar-refractivity contribution < 1.29 is 27.8 Å². The average molecular weight is 365 g/mol. The van der Waals surface area contributed by atoms with Gasteiger partial charge < -0.3 is 9.84 Å². The molecule has 9 heteroatoms. The summed E-state index contributed by atoms with van der Waals surface area (Å²) in [6.07, 6.45) is -2.93. The molecule has 0 aliphatic heterocycles. The number of hydrogen-bond donors (Lipinski definition) is 1. The molecule has 26 heavy (non-hydrogen) atoms.